The molecule has 0 spiro atoms. The lowest BCUT2D eigenvalue weighted by atomic mass is 9.91. The molecule has 302 valence electrons. The number of nitrogens with one attached hydrogen (secondary N) is 1. The van der Waals surface area contributed by atoms with Crippen LogP contribution in [0.4, 0.5) is 0 Å². The van der Waals surface area contributed by atoms with E-state index >= 15 is 0 Å². The normalized spacial score (nSPS) is 11.9. The molecule has 6 nitrogen and oxygen atoms in total. The summed E-state index contributed by atoms with van der Waals surface area (Å²) in [7, 11) is 0. The van der Waals surface area contributed by atoms with Crippen molar-refractivity contribution in [2.75, 3.05) is 32.9 Å². The average Bonchev–Trinajstić information content (AvgIpc) is 3.12. The average molecular weight is 714 g/mol. The molecule has 2 atom stereocenters. The summed E-state index contributed by atoms with van der Waals surface area (Å²) in [5.74, 6) is 0.652. The SMILES string of the molecule is CCCCCCC(C)C(=O)OCCC.CCCCCCCCC(CCCCCCC)CC(=O)OCCCCCC.CCCCNCCCCO. The zero-order valence-corrected chi connectivity index (χ0v) is 35.1. The predicted molar refractivity (Wildman–Crippen MR) is 218 cm³/mol. The van der Waals surface area contributed by atoms with E-state index in [0.29, 0.717) is 32.2 Å². The van der Waals surface area contributed by atoms with Crippen LogP contribution < -0.4 is 5.32 Å². The number of hydrogen-bond donors (Lipinski definition) is 2. The van der Waals surface area contributed by atoms with Crippen molar-refractivity contribution in [2.45, 2.75) is 228 Å². The third-order valence-electron chi connectivity index (χ3n) is 9.21. The monoisotopic (exact) mass is 714 g/mol. The maximum absolute atomic E-state index is 12.2. The minimum atomic E-state index is -0.0247. The minimum absolute atomic E-state index is 0.0247. The Kier molecular flexibility index (Phi) is 50.9. The summed E-state index contributed by atoms with van der Waals surface area (Å²) in [6, 6.07) is 0. The fraction of sp³-hybridized carbons (Fsp3) is 0.955. The second kappa shape index (κ2) is 47.9. The van der Waals surface area contributed by atoms with Gasteiger partial charge >= 0.3 is 11.9 Å². The smallest absolute Gasteiger partial charge is 0.308 e. The Bertz CT molecular complexity index is 636. The third-order valence-corrected chi connectivity index (χ3v) is 9.21. The molecule has 0 aliphatic carbocycles. The largest absolute Gasteiger partial charge is 0.466 e. The molecule has 2 N–H and O–H groups in total. The van der Waals surface area contributed by atoms with Crippen molar-refractivity contribution < 1.29 is 24.2 Å². The van der Waals surface area contributed by atoms with E-state index in [2.05, 4.69) is 39.9 Å². The van der Waals surface area contributed by atoms with Crippen LogP contribution >= 0.6 is 0 Å². The quantitative estimate of drug-likeness (QED) is 0.0502. The standard InChI is InChI=1S/C24H48O2.C12H24O2.C8H19NO/c1-4-7-10-13-15-17-20-23(19-16-14-11-8-5-2)22-24(25)26-21-18-12-9-6-3;1-4-6-7-8-9-11(3)12(13)14-10-5-2;1-2-3-6-9-7-4-5-8-10/h23H,4-22H2,1-3H3;11H,4-10H2,1-3H3;9-10H,2-8H2,1H3. The van der Waals surface area contributed by atoms with Gasteiger partial charge in [-0.2, -0.15) is 0 Å². The Balaban J connectivity index is -0.000000765. The number of ether oxygens (including phenoxy) is 2. The molecule has 0 aliphatic heterocycles. The summed E-state index contributed by atoms with van der Waals surface area (Å²) in [6.45, 7) is 18.8. The Hall–Kier alpha value is -1.14. The highest BCUT2D eigenvalue weighted by Gasteiger charge is 2.15. The van der Waals surface area contributed by atoms with Gasteiger partial charge in [0.2, 0.25) is 0 Å². The lowest BCUT2D eigenvalue weighted by molar-refractivity contribution is -0.148. The van der Waals surface area contributed by atoms with Gasteiger partial charge < -0.3 is 19.9 Å². The maximum atomic E-state index is 12.2. The fourth-order valence-electron chi connectivity index (χ4n) is 5.74. The second-order valence-corrected chi connectivity index (χ2v) is 14.6. The number of aliphatic hydroxyl groups is 1. The van der Waals surface area contributed by atoms with Crippen LogP contribution in [0.25, 0.3) is 0 Å². The van der Waals surface area contributed by atoms with Crippen LogP contribution in [0, 0.1) is 11.8 Å². The van der Waals surface area contributed by atoms with Crippen molar-refractivity contribution in [1.29, 1.82) is 0 Å². The van der Waals surface area contributed by atoms with E-state index in [1.165, 1.54) is 135 Å². The molecule has 0 heterocycles. The topological polar surface area (TPSA) is 84.9 Å². The van der Waals surface area contributed by atoms with Gasteiger partial charge in [0.25, 0.3) is 0 Å². The number of hydrogen-bond acceptors (Lipinski definition) is 6. The lowest BCUT2D eigenvalue weighted by Gasteiger charge is -2.16. The van der Waals surface area contributed by atoms with Crippen molar-refractivity contribution in [3.05, 3.63) is 0 Å². The van der Waals surface area contributed by atoms with Crippen LogP contribution in [0.3, 0.4) is 0 Å². The Labute approximate surface area is 313 Å². The summed E-state index contributed by atoms with van der Waals surface area (Å²) < 4.78 is 10.6. The number of carbonyl (C=O) groups excluding carboxylic acids is 2. The molecule has 2 unspecified atom stereocenters. The highest BCUT2D eigenvalue weighted by atomic mass is 16.5. The summed E-state index contributed by atoms with van der Waals surface area (Å²) in [5, 5.41) is 11.8. The molecular formula is C44H91NO5. The van der Waals surface area contributed by atoms with Gasteiger partial charge in [0.05, 0.1) is 19.1 Å². The third kappa shape index (κ3) is 46.9. The summed E-state index contributed by atoms with van der Waals surface area (Å²) in [4.78, 5) is 23.5. The second-order valence-electron chi connectivity index (χ2n) is 14.6. The first-order valence-electron chi connectivity index (χ1n) is 22.0. The van der Waals surface area contributed by atoms with Crippen molar-refractivity contribution in [3.63, 3.8) is 0 Å². The van der Waals surface area contributed by atoms with E-state index in [9.17, 15) is 9.59 Å². The summed E-state index contributed by atoms with van der Waals surface area (Å²) in [6.07, 6.45) is 33.7. The van der Waals surface area contributed by atoms with Crippen LogP contribution in [-0.4, -0.2) is 50.0 Å². The first kappa shape index (κ1) is 53.2. The first-order valence-corrected chi connectivity index (χ1v) is 22.0. The Morgan fingerprint density at radius 1 is 0.500 bits per heavy atom. The molecule has 0 radical (unpaired) electrons. The molecule has 0 aromatic carbocycles. The van der Waals surface area contributed by atoms with E-state index in [1.54, 1.807) is 0 Å². The van der Waals surface area contributed by atoms with Crippen LogP contribution in [0.15, 0.2) is 0 Å². The zero-order chi connectivity index (χ0) is 37.8. The number of aliphatic hydroxyl groups excluding tert-OH is 1. The molecule has 6 heteroatoms. The maximum Gasteiger partial charge on any atom is 0.308 e. The van der Waals surface area contributed by atoms with Crippen LogP contribution in [-0.2, 0) is 19.1 Å². The van der Waals surface area contributed by atoms with E-state index in [0.717, 1.165) is 51.6 Å². The number of carbonyl (C=O) groups is 2. The molecule has 0 saturated heterocycles. The van der Waals surface area contributed by atoms with Gasteiger partial charge in [0.1, 0.15) is 0 Å². The van der Waals surface area contributed by atoms with Gasteiger partial charge in [0.15, 0.2) is 0 Å². The van der Waals surface area contributed by atoms with E-state index in [1.807, 2.05) is 13.8 Å². The predicted octanol–water partition coefficient (Wildman–Crippen LogP) is 12.9. The molecule has 0 aromatic heterocycles. The number of esters is 2. The van der Waals surface area contributed by atoms with E-state index in [-0.39, 0.29) is 17.9 Å². The molecule has 0 rings (SSSR count). The molecule has 50 heavy (non-hydrogen) atoms. The minimum Gasteiger partial charge on any atom is -0.466 e. The number of rotatable bonds is 35. The molecule has 0 aliphatic rings. The van der Waals surface area contributed by atoms with Gasteiger partial charge in [0, 0.05) is 13.0 Å². The van der Waals surface area contributed by atoms with Crippen molar-refractivity contribution in [3.8, 4) is 0 Å². The Morgan fingerprint density at radius 2 is 0.960 bits per heavy atom. The number of unbranched alkanes of at least 4 members (excludes halogenated alkanes) is 17. The molecule has 0 saturated carbocycles. The highest BCUT2D eigenvalue weighted by Crippen LogP contribution is 2.23. The van der Waals surface area contributed by atoms with E-state index < -0.39 is 0 Å². The van der Waals surface area contributed by atoms with Gasteiger partial charge in [-0.3, -0.25) is 9.59 Å². The molecule has 0 amide bonds. The van der Waals surface area contributed by atoms with Gasteiger partial charge in [-0.15, -0.1) is 0 Å². The van der Waals surface area contributed by atoms with E-state index in [4.69, 9.17) is 14.6 Å². The molecule has 0 bridgehead atoms. The Morgan fingerprint density at radius 3 is 1.48 bits per heavy atom. The van der Waals surface area contributed by atoms with Gasteiger partial charge in [-0.25, -0.2) is 0 Å². The summed E-state index contributed by atoms with van der Waals surface area (Å²) >= 11 is 0. The van der Waals surface area contributed by atoms with Crippen molar-refractivity contribution in [1.82, 2.24) is 5.32 Å². The van der Waals surface area contributed by atoms with Gasteiger partial charge in [-0.05, 0) is 70.4 Å². The van der Waals surface area contributed by atoms with Crippen molar-refractivity contribution in [2.24, 2.45) is 11.8 Å². The van der Waals surface area contributed by atoms with Crippen LogP contribution in [0.2, 0.25) is 0 Å². The van der Waals surface area contributed by atoms with Crippen LogP contribution in [0.5, 0.6) is 0 Å². The van der Waals surface area contributed by atoms with Crippen molar-refractivity contribution >= 4 is 11.9 Å². The first-order chi connectivity index (χ1) is 24.4. The highest BCUT2D eigenvalue weighted by molar-refractivity contribution is 5.71. The van der Waals surface area contributed by atoms with Crippen LogP contribution in [0.1, 0.15) is 228 Å². The van der Waals surface area contributed by atoms with Gasteiger partial charge in [-0.1, -0.05) is 170 Å². The summed E-state index contributed by atoms with van der Waals surface area (Å²) in [5.41, 5.74) is 0. The zero-order valence-electron chi connectivity index (χ0n) is 35.1. The molecule has 0 fully saturated rings. The fourth-order valence-corrected chi connectivity index (χ4v) is 5.74. The molecular weight excluding hydrogens is 622 g/mol. The molecule has 0 aromatic rings. The lowest BCUT2D eigenvalue weighted by Crippen LogP contribution is -2.16.